The third-order valence-corrected chi connectivity index (χ3v) is 4.85. The maximum Gasteiger partial charge on any atom is 0.211 e. The predicted molar refractivity (Wildman–Crippen MR) is 82.6 cm³/mol. The fraction of sp³-hybridized carbons (Fsp3) is 0.462. The fourth-order valence-electron chi connectivity index (χ4n) is 2.39. The summed E-state index contributed by atoms with van der Waals surface area (Å²) in [6.45, 7) is 1.96. The third-order valence-electron chi connectivity index (χ3n) is 3.54. The Morgan fingerprint density at radius 2 is 1.90 bits per heavy atom. The van der Waals surface area contributed by atoms with Crippen molar-refractivity contribution in [1.82, 2.24) is 4.31 Å². The Balaban J connectivity index is 2.25. The van der Waals surface area contributed by atoms with Crippen LogP contribution in [-0.4, -0.2) is 58.1 Å². The van der Waals surface area contributed by atoms with E-state index in [4.69, 9.17) is 15.9 Å². The van der Waals surface area contributed by atoms with E-state index in [1.165, 1.54) is 10.6 Å². The lowest BCUT2D eigenvalue weighted by Gasteiger charge is -2.35. The minimum Gasteiger partial charge on any atom is -0.497 e. The van der Waals surface area contributed by atoms with Gasteiger partial charge >= 0.3 is 0 Å². The van der Waals surface area contributed by atoms with E-state index in [0.29, 0.717) is 37.5 Å². The molecule has 0 spiro atoms. The van der Waals surface area contributed by atoms with Crippen LogP contribution < -0.4 is 15.4 Å². The summed E-state index contributed by atoms with van der Waals surface area (Å²) in [7, 11) is -1.58. The number of nitrogens with one attached hydrogen (secondary N) is 1. The van der Waals surface area contributed by atoms with Gasteiger partial charge in [0.25, 0.3) is 0 Å². The van der Waals surface area contributed by atoms with Gasteiger partial charge in [0, 0.05) is 37.8 Å². The summed E-state index contributed by atoms with van der Waals surface area (Å²) in [6.07, 6.45) is 1.22. The molecule has 1 aromatic rings. The lowest BCUT2D eigenvalue weighted by Crippen LogP contribution is -2.48. The van der Waals surface area contributed by atoms with E-state index in [2.05, 4.69) is 0 Å². The van der Waals surface area contributed by atoms with E-state index in [9.17, 15) is 8.42 Å². The number of anilines is 1. The average molecular weight is 312 g/mol. The minimum atomic E-state index is -3.16. The molecule has 0 unspecified atom stereocenters. The monoisotopic (exact) mass is 312 g/mol. The zero-order chi connectivity index (χ0) is 15.6. The Labute approximate surface area is 124 Å². The van der Waals surface area contributed by atoms with E-state index in [0.717, 1.165) is 5.69 Å². The Bertz CT molecular complexity index is 637. The second kappa shape index (κ2) is 5.90. The highest BCUT2D eigenvalue weighted by Gasteiger charge is 2.25. The van der Waals surface area contributed by atoms with Crippen LogP contribution in [0.4, 0.5) is 5.69 Å². The SMILES string of the molecule is COc1ccc(C(=N)N)c(N2CCN(S(C)(=O)=O)CC2)c1. The summed E-state index contributed by atoms with van der Waals surface area (Å²) in [5, 5.41) is 7.67. The first-order chi connectivity index (χ1) is 9.82. The van der Waals surface area contributed by atoms with Gasteiger partial charge < -0.3 is 15.4 Å². The molecule has 0 radical (unpaired) electrons. The van der Waals surface area contributed by atoms with Crippen LogP contribution in [-0.2, 0) is 10.0 Å². The zero-order valence-corrected chi connectivity index (χ0v) is 13.0. The van der Waals surface area contributed by atoms with Gasteiger partial charge in [-0.15, -0.1) is 0 Å². The number of amidine groups is 1. The Hall–Kier alpha value is -1.80. The molecular formula is C13H20N4O3S. The van der Waals surface area contributed by atoms with Gasteiger partial charge in [0.1, 0.15) is 11.6 Å². The summed E-state index contributed by atoms with van der Waals surface area (Å²) in [5.41, 5.74) is 7.05. The van der Waals surface area contributed by atoms with Crippen molar-refractivity contribution in [2.24, 2.45) is 5.73 Å². The van der Waals surface area contributed by atoms with Gasteiger partial charge in [0.15, 0.2) is 0 Å². The molecule has 1 aliphatic rings. The molecule has 1 aromatic carbocycles. The molecule has 0 aliphatic carbocycles. The molecule has 3 N–H and O–H groups in total. The van der Waals surface area contributed by atoms with Crippen LogP contribution in [0, 0.1) is 5.41 Å². The van der Waals surface area contributed by atoms with Crippen LogP contribution in [0.15, 0.2) is 18.2 Å². The van der Waals surface area contributed by atoms with Crippen LogP contribution in [0.3, 0.4) is 0 Å². The molecule has 1 heterocycles. The van der Waals surface area contributed by atoms with E-state index < -0.39 is 10.0 Å². The summed E-state index contributed by atoms with van der Waals surface area (Å²) >= 11 is 0. The maximum atomic E-state index is 11.5. The number of sulfonamides is 1. The molecule has 1 saturated heterocycles. The number of rotatable bonds is 4. The van der Waals surface area contributed by atoms with Crippen LogP contribution >= 0.6 is 0 Å². The molecule has 116 valence electrons. The van der Waals surface area contributed by atoms with E-state index >= 15 is 0 Å². The highest BCUT2D eigenvalue weighted by atomic mass is 32.2. The van der Waals surface area contributed by atoms with Crippen molar-refractivity contribution >= 4 is 21.5 Å². The van der Waals surface area contributed by atoms with Crippen LogP contribution in [0.1, 0.15) is 5.56 Å². The molecule has 0 aromatic heterocycles. The van der Waals surface area contributed by atoms with Crippen LogP contribution in [0.5, 0.6) is 5.75 Å². The normalized spacial score (nSPS) is 16.8. The number of methoxy groups -OCH3 is 1. The first kappa shape index (κ1) is 15.6. The molecule has 0 bridgehead atoms. The molecule has 0 amide bonds. The minimum absolute atomic E-state index is 0.0156. The first-order valence-corrected chi connectivity index (χ1v) is 8.40. The number of ether oxygens (including phenoxy) is 1. The van der Waals surface area contributed by atoms with Gasteiger partial charge in [0.05, 0.1) is 19.1 Å². The summed E-state index contributed by atoms with van der Waals surface area (Å²) in [6, 6.07) is 5.33. The zero-order valence-electron chi connectivity index (χ0n) is 12.2. The molecule has 21 heavy (non-hydrogen) atoms. The number of hydrogen-bond acceptors (Lipinski definition) is 5. The van der Waals surface area contributed by atoms with Crippen LogP contribution in [0.2, 0.25) is 0 Å². The number of piperazine rings is 1. The molecule has 1 aliphatic heterocycles. The average Bonchev–Trinajstić information content (AvgIpc) is 2.45. The van der Waals surface area contributed by atoms with Gasteiger partial charge in [-0.3, -0.25) is 5.41 Å². The Kier molecular flexibility index (Phi) is 4.38. The summed E-state index contributed by atoms with van der Waals surface area (Å²) < 4.78 is 29.7. The van der Waals surface area contributed by atoms with Gasteiger partial charge in [-0.25, -0.2) is 8.42 Å². The molecule has 0 saturated carbocycles. The van der Waals surface area contributed by atoms with Crippen molar-refractivity contribution in [1.29, 1.82) is 5.41 Å². The van der Waals surface area contributed by atoms with Crippen molar-refractivity contribution in [2.45, 2.75) is 0 Å². The van der Waals surface area contributed by atoms with Crippen molar-refractivity contribution in [3.8, 4) is 5.75 Å². The quantitative estimate of drug-likeness (QED) is 0.605. The molecule has 0 atom stereocenters. The highest BCUT2D eigenvalue weighted by Crippen LogP contribution is 2.27. The number of nitrogen functional groups attached to an aromatic ring is 1. The van der Waals surface area contributed by atoms with Gasteiger partial charge in [-0.1, -0.05) is 0 Å². The third kappa shape index (κ3) is 3.45. The van der Waals surface area contributed by atoms with E-state index in [1.807, 2.05) is 11.0 Å². The molecule has 8 heteroatoms. The Morgan fingerprint density at radius 3 is 2.38 bits per heavy atom. The first-order valence-electron chi connectivity index (χ1n) is 6.55. The summed E-state index contributed by atoms with van der Waals surface area (Å²) in [5.74, 6) is 0.665. The number of benzene rings is 1. The molecule has 2 rings (SSSR count). The van der Waals surface area contributed by atoms with Crippen molar-refractivity contribution in [2.75, 3.05) is 44.4 Å². The largest absolute Gasteiger partial charge is 0.497 e. The van der Waals surface area contributed by atoms with Gasteiger partial charge in [0.2, 0.25) is 10.0 Å². The molecular weight excluding hydrogens is 292 g/mol. The molecule has 7 nitrogen and oxygen atoms in total. The number of nitrogens with zero attached hydrogens (tertiary/aromatic N) is 2. The second-order valence-corrected chi connectivity index (χ2v) is 6.93. The van der Waals surface area contributed by atoms with Crippen molar-refractivity contribution in [3.63, 3.8) is 0 Å². The smallest absolute Gasteiger partial charge is 0.211 e. The van der Waals surface area contributed by atoms with Crippen LogP contribution in [0.25, 0.3) is 0 Å². The standard InChI is InChI=1S/C13H20N4O3S/c1-20-10-3-4-11(13(14)15)12(9-10)16-5-7-17(8-6-16)21(2,18)19/h3-4,9H,5-8H2,1-2H3,(H3,14,15). The second-order valence-electron chi connectivity index (χ2n) is 4.95. The van der Waals surface area contributed by atoms with Crippen molar-refractivity contribution in [3.05, 3.63) is 23.8 Å². The van der Waals surface area contributed by atoms with Gasteiger partial charge in [-0.2, -0.15) is 4.31 Å². The topological polar surface area (TPSA) is 99.7 Å². The van der Waals surface area contributed by atoms with Gasteiger partial charge in [-0.05, 0) is 12.1 Å². The van der Waals surface area contributed by atoms with E-state index in [1.54, 1.807) is 19.2 Å². The molecule has 1 fully saturated rings. The highest BCUT2D eigenvalue weighted by molar-refractivity contribution is 7.88. The lowest BCUT2D eigenvalue weighted by atomic mass is 10.1. The lowest BCUT2D eigenvalue weighted by molar-refractivity contribution is 0.387. The Morgan fingerprint density at radius 1 is 1.29 bits per heavy atom. The number of hydrogen-bond donors (Lipinski definition) is 2. The number of nitrogens with two attached hydrogens (primary N) is 1. The van der Waals surface area contributed by atoms with E-state index in [-0.39, 0.29) is 5.84 Å². The summed E-state index contributed by atoms with van der Waals surface area (Å²) in [4.78, 5) is 2.03. The van der Waals surface area contributed by atoms with Crippen molar-refractivity contribution < 1.29 is 13.2 Å². The maximum absolute atomic E-state index is 11.5. The predicted octanol–water partition coefficient (Wildman–Crippen LogP) is 0.0609. The fourth-order valence-corrected chi connectivity index (χ4v) is 3.22.